The van der Waals surface area contributed by atoms with E-state index in [1.54, 1.807) is 18.2 Å². The largest absolute Gasteiger partial charge is 0.372 e. The molecule has 5 amide bonds. The number of nitrogens with one attached hydrogen (secondary N) is 1. The summed E-state index contributed by atoms with van der Waals surface area (Å²) in [5.41, 5.74) is 3.02. The SMILES string of the molecule is CCOCC(=O)N1CCN(Cc2cccc(-c3cccc4c3C(=O)N(C3CCC(=O)NC3=O)C4=O)c2)CC1. The van der Waals surface area contributed by atoms with Gasteiger partial charge >= 0.3 is 0 Å². The van der Waals surface area contributed by atoms with Crippen LogP contribution >= 0.6 is 0 Å². The highest BCUT2D eigenvalue weighted by Crippen LogP contribution is 2.35. The minimum absolute atomic E-state index is 0.0111. The van der Waals surface area contributed by atoms with Crippen LogP contribution in [0.15, 0.2) is 42.5 Å². The lowest BCUT2D eigenvalue weighted by atomic mass is 9.95. The number of rotatable bonds is 7. The minimum Gasteiger partial charge on any atom is -0.372 e. The van der Waals surface area contributed by atoms with E-state index in [9.17, 15) is 24.0 Å². The molecule has 2 aromatic rings. The van der Waals surface area contributed by atoms with E-state index < -0.39 is 29.7 Å². The van der Waals surface area contributed by atoms with E-state index in [0.29, 0.717) is 31.8 Å². The van der Waals surface area contributed by atoms with Crippen molar-refractivity contribution in [1.29, 1.82) is 0 Å². The van der Waals surface area contributed by atoms with Gasteiger partial charge in [-0.3, -0.25) is 39.1 Å². The topological polar surface area (TPSA) is 116 Å². The van der Waals surface area contributed by atoms with E-state index in [-0.39, 0.29) is 36.5 Å². The summed E-state index contributed by atoms with van der Waals surface area (Å²) in [6.07, 6.45) is 0.194. The second-order valence-corrected chi connectivity index (χ2v) is 9.67. The Bertz CT molecular complexity index is 1300. The number of carbonyl (C=O) groups is 5. The molecule has 1 N–H and O–H groups in total. The van der Waals surface area contributed by atoms with Crippen molar-refractivity contribution in [2.45, 2.75) is 32.4 Å². The van der Waals surface area contributed by atoms with Gasteiger partial charge in [0.1, 0.15) is 12.6 Å². The van der Waals surface area contributed by atoms with Crippen LogP contribution in [-0.4, -0.2) is 89.7 Å². The average molecular weight is 519 g/mol. The van der Waals surface area contributed by atoms with Crippen LogP contribution in [0.4, 0.5) is 0 Å². The van der Waals surface area contributed by atoms with Crippen LogP contribution in [0, 0.1) is 0 Å². The van der Waals surface area contributed by atoms with Crippen molar-refractivity contribution in [2.75, 3.05) is 39.4 Å². The van der Waals surface area contributed by atoms with Gasteiger partial charge in [-0.2, -0.15) is 0 Å². The zero-order valence-electron chi connectivity index (χ0n) is 21.3. The maximum Gasteiger partial charge on any atom is 0.262 e. The first-order valence-corrected chi connectivity index (χ1v) is 12.9. The third-order valence-electron chi connectivity index (χ3n) is 7.27. The molecular weight excluding hydrogens is 488 g/mol. The Hall–Kier alpha value is -3.89. The van der Waals surface area contributed by atoms with E-state index >= 15 is 0 Å². The minimum atomic E-state index is -1.00. The third-order valence-corrected chi connectivity index (χ3v) is 7.27. The number of benzene rings is 2. The fraction of sp³-hybridized carbons (Fsp3) is 0.393. The first-order chi connectivity index (χ1) is 18.4. The molecule has 0 aliphatic carbocycles. The van der Waals surface area contributed by atoms with Crippen LogP contribution in [0.2, 0.25) is 0 Å². The highest BCUT2D eigenvalue weighted by Gasteiger charge is 2.45. The number of ether oxygens (including phenoxy) is 1. The number of hydrogen-bond donors (Lipinski definition) is 1. The van der Waals surface area contributed by atoms with Crippen molar-refractivity contribution in [3.8, 4) is 11.1 Å². The maximum atomic E-state index is 13.5. The normalized spacial score (nSPS) is 20.1. The molecule has 2 aromatic carbocycles. The standard InChI is InChI=1S/C28H30N4O6/c1-2-38-17-24(34)31-13-11-30(12-14-31)16-18-5-3-6-19(15-18)20-7-4-8-21-25(20)28(37)32(27(21)36)22-9-10-23(33)29-26(22)35/h3-8,15,22H,2,9-14,16-17H2,1H3,(H,29,33,35). The first-order valence-electron chi connectivity index (χ1n) is 12.9. The summed E-state index contributed by atoms with van der Waals surface area (Å²) in [5, 5.41) is 2.23. The van der Waals surface area contributed by atoms with Crippen molar-refractivity contribution in [3.05, 3.63) is 59.2 Å². The number of carbonyl (C=O) groups excluding carboxylic acids is 5. The Morgan fingerprint density at radius 1 is 0.974 bits per heavy atom. The van der Waals surface area contributed by atoms with Crippen molar-refractivity contribution in [3.63, 3.8) is 0 Å². The van der Waals surface area contributed by atoms with E-state index in [4.69, 9.17) is 4.74 Å². The van der Waals surface area contributed by atoms with Gasteiger partial charge in [-0.05, 0) is 42.2 Å². The van der Waals surface area contributed by atoms with Crippen LogP contribution in [0.25, 0.3) is 11.1 Å². The first kappa shape index (κ1) is 25.7. The van der Waals surface area contributed by atoms with Crippen molar-refractivity contribution < 1.29 is 28.7 Å². The highest BCUT2D eigenvalue weighted by molar-refractivity contribution is 6.25. The van der Waals surface area contributed by atoms with E-state index in [1.807, 2.05) is 36.1 Å². The lowest BCUT2D eigenvalue weighted by Gasteiger charge is -2.34. The monoisotopic (exact) mass is 518 g/mol. The van der Waals surface area contributed by atoms with Crippen LogP contribution in [0.5, 0.6) is 0 Å². The predicted octanol–water partition coefficient (Wildman–Crippen LogP) is 1.44. The molecule has 38 heavy (non-hydrogen) atoms. The lowest BCUT2D eigenvalue weighted by Crippen LogP contribution is -2.54. The van der Waals surface area contributed by atoms with Gasteiger partial charge in [0, 0.05) is 45.8 Å². The van der Waals surface area contributed by atoms with Crippen LogP contribution in [-0.2, 0) is 25.7 Å². The fourth-order valence-corrected chi connectivity index (χ4v) is 5.29. The number of hydrogen-bond acceptors (Lipinski definition) is 7. The van der Waals surface area contributed by atoms with Gasteiger partial charge in [-0.25, -0.2) is 0 Å². The number of fused-ring (bicyclic) bond motifs is 1. The Morgan fingerprint density at radius 3 is 2.45 bits per heavy atom. The second kappa shape index (κ2) is 10.8. The molecule has 3 heterocycles. The molecule has 198 valence electrons. The number of amides is 5. The van der Waals surface area contributed by atoms with Crippen molar-refractivity contribution in [2.24, 2.45) is 0 Å². The van der Waals surface area contributed by atoms with Gasteiger partial charge in [-0.1, -0.05) is 30.3 Å². The van der Waals surface area contributed by atoms with Gasteiger partial charge in [0.15, 0.2) is 0 Å². The average Bonchev–Trinajstić information content (AvgIpc) is 3.17. The van der Waals surface area contributed by atoms with Crippen LogP contribution in [0.3, 0.4) is 0 Å². The molecule has 10 nitrogen and oxygen atoms in total. The zero-order valence-corrected chi connectivity index (χ0v) is 21.3. The number of nitrogens with zero attached hydrogens (tertiary/aromatic N) is 3. The summed E-state index contributed by atoms with van der Waals surface area (Å²) < 4.78 is 5.24. The molecule has 1 atom stereocenters. The smallest absolute Gasteiger partial charge is 0.262 e. The van der Waals surface area contributed by atoms with E-state index in [0.717, 1.165) is 29.1 Å². The van der Waals surface area contributed by atoms with E-state index in [1.165, 1.54) is 0 Å². The number of piperazine rings is 1. The molecule has 1 unspecified atom stereocenters. The van der Waals surface area contributed by atoms with Crippen LogP contribution in [0.1, 0.15) is 46.0 Å². The predicted molar refractivity (Wildman–Crippen MR) is 137 cm³/mol. The summed E-state index contributed by atoms with van der Waals surface area (Å²) in [6.45, 7) is 5.96. The molecule has 0 bridgehead atoms. The molecule has 3 aliphatic heterocycles. The Morgan fingerprint density at radius 2 is 1.71 bits per heavy atom. The Kier molecular flexibility index (Phi) is 7.35. The molecule has 3 aliphatic rings. The number of piperidine rings is 1. The fourth-order valence-electron chi connectivity index (χ4n) is 5.29. The molecule has 0 aromatic heterocycles. The molecular formula is C28H30N4O6. The van der Waals surface area contributed by atoms with Gasteiger partial charge < -0.3 is 9.64 Å². The summed E-state index contributed by atoms with van der Waals surface area (Å²) in [7, 11) is 0. The quantitative estimate of drug-likeness (QED) is 0.552. The number of imide groups is 2. The summed E-state index contributed by atoms with van der Waals surface area (Å²) in [4.78, 5) is 67.9. The van der Waals surface area contributed by atoms with Gasteiger partial charge in [0.2, 0.25) is 17.7 Å². The summed E-state index contributed by atoms with van der Waals surface area (Å²) in [5.74, 6) is -2.06. The van der Waals surface area contributed by atoms with Gasteiger partial charge in [0.25, 0.3) is 11.8 Å². The second-order valence-electron chi connectivity index (χ2n) is 9.67. The maximum absolute atomic E-state index is 13.5. The zero-order chi connectivity index (χ0) is 26.8. The van der Waals surface area contributed by atoms with Gasteiger partial charge in [-0.15, -0.1) is 0 Å². The molecule has 2 saturated heterocycles. The molecule has 0 saturated carbocycles. The van der Waals surface area contributed by atoms with Crippen LogP contribution < -0.4 is 5.32 Å². The molecule has 10 heteroatoms. The molecule has 0 spiro atoms. The van der Waals surface area contributed by atoms with Crippen molar-refractivity contribution in [1.82, 2.24) is 20.0 Å². The third kappa shape index (κ3) is 4.97. The highest BCUT2D eigenvalue weighted by atomic mass is 16.5. The Balaban J connectivity index is 1.32. The summed E-state index contributed by atoms with van der Waals surface area (Å²) in [6, 6.07) is 12.0. The van der Waals surface area contributed by atoms with Crippen molar-refractivity contribution >= 4 is 29.5 Å². The summed E-state index contributed by atoms with van der Waals surface area (Å²) >= 11 is 0. The molecule has 0 radical (unpaired) electrons. The molecule has 5 rings (SSSR count). The van der Waals surface area contributed by atoms with E-state index in [2.05, 4.69) is 10.2 Å². The van der Waals surface area contributed by atoms with Gasteiger partial charge in [0.05, 0.1) is 11.1 Å². The lowest BCUT2D eigenvalue weighted by molar-refractivity contribution is -0.138. The molecule has 2 fully saturated rings. The Labute approximate surface area is 220 Å².